The van der Waals surface area contributed by atoms with Crippen LogP contribution in [0.4, 0.5) is 0 Å². The molecule has 1 aromatic heterocycles. The molecular formula is C16H25NO. The number of hydrogen-bond donors (Lipinski definition) is 1. The molecule has 0 saturated heterocycles. The summed E-state index contributed by atoms with van der Waals surface area (Å²) >= 11 is 0. The van der Waals surface area contributed by atoms with Crippen molar-refractivity contribution in [1.29, 1.82) is 0 Å². The summed E-state index contributed by atoms with van der Waals surface area (Å²) in [7, 11) is 0. The molecule has 100 valence electrons. The molecule has 2 rings (SSSR count). The topological polar surface area (TPSA) is 33.1 Å². The zero-order valence-electron chi connectivity index (χ0n) is 11.8. The molecule has 18 heavy (non-hydrogen) atoms. The average Bonchev–Trinajstić information content (AvgIpc) is 2.38. The summed E-state index contributed by atoms with van der Waals surface area (Å²) < 4.78 is 0. The fourth-order valence-corrected chi connectivity index (χ4v) is 3.18. The Morgan fingerprint density at radius 1 is 1.22 bits per heavy atom. The van der Waals surface area contributed by atoms with E-state index in [9.17, 15) is 5.11 Å². The fraction of sp³-hybridized carbons (Fsp3) is 0.688. The maximum absolute atomic E-state index is 10.5. The van der Waals surface area contributed by atoms with Gasteiger partial charge in [0.2, 0.25) is 0 Å². The van der Waals surface area contributed by atoms with Gasteiger partial charge in [0, 0.05) is 17.0 Å². The second-order valence-electron chi connectivity index (χ2n) is 5.76. The zero-order chi connectivity index (χ0) is 13.1. The van der Waals surface area contributed by atoms with E-state index in [0.717, 1.165) is 35.7 Å². The van der Waals surface area contributed by atoms with Crippen LogP contribution in [0.5, 0.6) is 0 Å². The number of aromatic nitrogens is 1. The summed E-state index contributed by atoms with van der Waals surface area (Å²) in [4.78, 5) is 4.46. The Labute approximate surface area is 110 Å². The predicted molar refractivity (Wildman–Crippen MR) is 74.4 cm³/mol. The monoisotopic (exact) mass is 247 g/mol. The minimum Gasteiger partial charge on any atom is -0.388 e. The van der Waals surface area contributed by atoms with Gasteiger partial charge in [0.25, 0.3) is 0 Å². The third kappa shape index (κ3) is 2.92. The summed E-state index contributed by atoms with van der Waals surface area (Å²) in [5.41, 5.74) is 3.04. The van der Waals surface area contributed by atoms with Crippen LogP contribution >= 0.6 is 0 Å². The number of nitrogens with zero attached hydrogens (tertiary/aromatic N) is 1. The molecule has 0 spiro atoms. The molecule has 0 aromatic carbocycles. The second-order valence-corrected chi connectivity index (χ2v) is 5.76. The van der Waals surface area contributed by atoms with Crippen molar-refractivity contribution < 1.29 is 5.11 Å². The molecule has 0 aliphatic heterocycles. The van der Waals surface area contributed by atoms with E-state index in [4.69, 9.17) is 0 Å². The first-order chi connectivity index (χ1) is 8.61. The second kappa shape index (κ2) is 5.83. The largest absolute Gasteiger partial charge is 0.388 e. The summed E-state index contributed by atoms with van der Waals surface area (Å²) in [5.74, 6) is 1.31. The average molecular weight is 247 g/mol. The molecule has 0 amide bonds. The SMILES string of the molecule is CCC1CCC(C(O)c2ccc(C)nc2C)CC1. The van der Waals surface area contributed by atoms with Crippen molar-refractivity contribution in [1.82, 2.24) is 4.98 Å². The lowest BCUT2D eigenvalue weighted by Crippen LogP contribution is -2.21. The van der Waals surface area contributed by atoms with Gasteiger partial charge >= 0.3 is 0 Å². The Morgan fingerprint density at radius 2 is 1.89 bits per heavy atom. The van der Waals surface area contributed by atoms with Crippen LogP contribution in [0.2, 0.25) is 0 Å². The molecule has 1 aliphatic carbocycles. The van der Waals surface area contributed by atoms with E-state index in [1.165, 1.54) is 19.3 Å². The first-order valence-corrected chi connectivity index (χ1v) is 7.24. The van der Waals surface area contributed by atoms with Crippen molar-refractivity contribution in [2.75, 3.05) is 0 Å². The van der Waals surface area contributed by atoms with Gasteiger partial charge in [0.15, 0.2) is 0 Å². The highest BCUT2D eigenvalue weighted by molar-refractivity contribution is 5.24. The van der Waals surface area contributed by atoms with Crippen LogP contribution in [0, 0.1) is 25.7 Å². The Bertz CT molecular complexity index is 394. The van der Waals surface area contributed by atoms with Crippen molar-refractivity contribution >= 4 is 0 Å². The van der Waals surface area contributed by atoms with Gasteiger partial charge in [0.1, 0.15) is 0 Å². The van der Waals surface area contributed by atoms with Crippen LogP contribution in [-0.4, -0.2) is 10.1 Å². The summed E-state index contributed by atoms with van der Waals surface area (Å²) in [6, 6.07) is 4.05. The van der Waals surface area contributed by atoms with E-state index >= 15 is 0 Å². The van der Waals surface area contributed by atoms with Crippen LogP contribution in [-0.2, 0) is 0 Å². The van der Waals surface area contributed by atoms with Crippen molar-refractivity contribution in [3.63, 3.8) is 0 Å². The smallest absolute Gasteiger partial charge is 0.0835 e. The van der Waals surface area contributed by atoms with Gasteiger partial charge in [0.05, 0.1) is 6.10 Å². The molecule has 1 atom stereocenters. The first kappa shape index (κ1) is 13.5. The molecule has 2 nitrogen and oxygen atoms in total. The van der Waals surface area contributed by atoms with Gasteiger partial charge in [-0.25, -0.2) is 0 Å². The zero-order valence-corrected chi connectivity index (χ0v) is 11.8. The highest BCUT2D eigenvalue weighted by Gasteiger charge is 2.27. The minimum absolute atomic E-state index is 0.323. The molecule has 1 aromatic rings. The van der Waals surface area contributed by atoms with E-state index in [1.54, 1.807) is 0 Å². The van der Waals surface area contributed by atoms with Gasteiger partial charge < -0.3 is 5.11 Å². The Kier molecular flexibility index (Phi) is 4.39. The normalized spacial score (nSPS) is 26.0. The third-order valence-corrected chi connectivity index (χ3v) is 4.50. The van der Waals surface area contributed by atoms with Gasteiger partial charge in [-0.3, -0.25) is 4.98 Å². The lowest BCUT2D eigenvalue weighted by molar-refractivity contribution is 0.0721. The Hall–Kier alpha value is -0.890. The summed E-state index contributed by atoms with van der Waals surface area (Å²) in [6.45, 7) is 6.27. The summed E-state index contributed by atoms with van der Waals surface area (Å²) in [6.07, 6.45) is 5.83. The number of aryl methyl sites for hydroxylation is 2. The van der Waals surface area contributed by atoms with Crippen LogP contribution in [0.1, 0.15) is 62.1 Å². The molecule has 1 saturated carbocycles. The van der Waals surface area contributed by atoms with E-state index in [2.05, 4.69) is 11.9 Å². The molecule has 1 unspecified atom stereocenters. The van der Waals surface area contributed by atoms with Gasteiger partial charge in [-0.2, -0.15) is 0 Å². The maximum atomic E-state index is 10.5. The minimum atomic E-state index is -0.323. The van der Waals surface area contributed by atoms with Crippen LogP contribution < -0.4 is 0 Å². The van der Waals surface area contributed by atoms with E-state index in [-0.39, 0.29) is 6.10 Å². The van der Waals surface area contributed by atoms with E-state index in [1.807, 2.05) is 26.0 Å². The molecule has 1 heterocycles. The Balaban J connectivity index is 2.05. The van der Waals surface area contributed by atoms with Crippen molar-refractivity contribution in [3.05, 3.63) is 29.1 Å². The van der Waals surface area contributed by atoms with Crippen molar-refractivity contribution in [3.8, 4) is 0 Å². The highest BCUT2D eigenvalue weighted by atomic mass is 16.3. The standard InChI is InChI=1S/C16H25NO/c1-4-13-6-8-14(9-7-13)16(18)15-10-5-11(2)17-12(15)3/h5,10,13-14,16,18H,4,6-9H2,1-3H3. The molecule has 0 radical (unpaired) electrons. The lowest BCUT2D eigenvalue weighted by atomic mass is 9.77. The third-order valence-electron chi connectivity index (χ3n) is 4.50. The lowest BCUT2D eigenvalue weighted by Gasteiger charge is -2.31. The fourth-order valence-electron chi connectivity index (χ4n) is 3.18. The molecule has 1 fully saturated rings. The number of aliphatic hydroxyl groups excluding tert-OH is 1. The molecule has 0 bridgehead atoms. The molecule has 1 N–H and O–H groups in total. The van der Waals surface area contributed by atoms with E-state index in [0.29, 0.717) is 5.92 Å². The van der Waals surface area contributed by atoms with Crippen molar-refractivity contribution in [2.45, 2.75) is 59.0 Å². The maximum Gasteiger partial charge on any atom is 0.0835 e. The van der Waals surface area contributed by atoms with Crippen LogP contribution in [0.3, 0.4) is 0 Å². The number of pyridine rings is 1. The van der Waals surface area contributed by atoms with Crippen LogP contribution in [0.15, 0.2) is 12.1 Å². The van der Waals surface area contributed by atoms with Gasteiger partial charge in [-0.05, 0) is 44.6 Å². The van der Waals surface area contributed by atoms with E-state index < -0.39 is 0 Å². The highest BCUT2D eigenvalue weighted by Crippen LogP contribution is 2.38. The summed E-state index contributed by atoms with van der Waals surface area (Å²) in [5, 5.41) is 10.5. The molecule has 1 aliphatic rings. The van der Waals surface area contributed by atoms with Gasteiger partial charge in [-0.1, -0.05) is 32.3 Å². The number of rotatable bonds is 3. The van der Waals surface area contributed by atoms with Crippen LogP contribution in [0.25, 0.3) is 0 Å². The predicted octanol–water partition coefficient (Wildman–Crippen LogP) is 3.95. The number of hydrogen-bond acceptors (Lipinski definition) is 2. The quantitative estimate of drug-likeness (QED) is 0.877. The number of aliphatic hydroxyl groups is 1. The Morgan fingerprint density at radius 3 is 2.44 bits per heavy atom. The van der Waals surface area contributed by atoms with Crippen molar-refractivity contribution in [2.24, 2.45) is 11.8 Å². The molecular weight excluding hydrogens is 222 g/mol. The van der Waals surface area contributed by atoms with Gasteiger partial charge in [-0.15, -0.1) is 0 Å². The molecule has 2 heteroatoms. The first-order valence-electron chi connectivity index (χ1n) is 7.24.